The maximum Gasteiger partial charge on any atom is 0.303 e. The Bertz CT molecular complexity index is 524. The van der Waals surface area contributed by atoms with Gasteiger partial charge in [0.15, 0.2) is 0 Å². The van der Waals surface area contributed by atoms with Crippen molar-refractivity contribution in [2.75, 3.05) is 0 Å². The lowest BCUT2D eigenvalue weighted by atomic mass is 10.3. The highest BCUT2D eigenvalue weighted by Crippen LogP contribution is 2.16. The largest absolute Gasteiger partial charge is 0.481 e. The van der Waals surface area contributed by atoms with Gasteiger partial charge in [-0.25, -0.2) is 0 Å². The first kappa shape index (κ1) is 11.1. The third kappa shape index (κ3) is 2.57. The molecule has 0 atom stereocenters. The number of rotatable bonds is 4. The molecule has 0 aliphatic rings. The number of carboxylic acid groups (broad SMARTS) is 1. The summed E-state index contributed by atoms with van der Waals surface area (Å²) in [6, 6.07) is 5.66. The van der Waals surface area contributed by atoms with Gasteiger partial charge >= 0.3 is 5.97 Å². The third-order valence-corrected chi connectivity index (χ3v) is 2.63. The van der Waals surface area contributed by atoms with E-state index in [9.17, 15) is 4.79 Å². The van der Waals surface area contributed by atoms with Crippen LogP contribution in [0.1, 0.15) is 12.8 Å². The minimum atomic E-state index is -0.792. The molecule has 0 radical (unpaired) electrons. The van der Waals surface area contributed by atoms with Gasteiger partial charge < -0.3 is 5.11 Å². The molecule has 1 N–H and O–H groups in total. The number of aryl methyl sites for hydroxylation is 1. The SMILES string of the molecule is O=C(O)CCCn1nc2ccc(Br)cc2n1. The van der Waals surface area contributed by atoms with Crippen LogP contribution < -0.4 is 0 Å². The molecular weight excluding hydrogens is 274 g/mol. The van der Waals surface area contributed by atoms with Gasteiger partial charge in [0.1, 0.15) is 11.0 Å². The van der Waals surface area contributed by atoms with E-state index in [1.54, 1.807) is 4.80 Å². The molecule has 0 fully saturated rings. The van der Waals surface area contributed by atoms with Gasteiger partial charge in [0.05, 0.1) is 6.54 Å². The van der Waals surface area contributed by atoms with Crippen molar-refractivity contribution in [3.05, 3.63) is 22.7 Å². The molecule has 6 heteroatoms. The summed E-state index contributed by atoms with van der Waals surface area (Å²) in [4.78, 5) is 11.9. The van der Waals surface area contributed by atoms with E-state index in [-0.39, 0.29) is 6.42 Å². The molecule has 0 unspecified atom stereocenters. The van der Waals surface area contributed by atoms with E-state index in [4.69, 9.17) is 5.11 Å². The lowest BCUT2D eigenvalue weighted by Crippen LogP contribution is -2.04. The second-order valence-electron chi connectivity index (χ2n) is 3.43. The Morgan fingerprint density at radius 2 is 2.12 bits per heavy atom. The smallest absolute Gasteiger partial charge is 0.303 e. The van der Waals surface area contributed by atoms with E-state index >= 15 is 0 Å². The molecule has 0 amide bonds. The highest BCUT2D eigenvalue weighted by atomic mass is 79.9. The Morgan fingerprint density at radius 1 is 1.38 bits per heavy atom. The van der Waals surface area contributed by atoms with Crippen LogP contribution in [0.4, 0.5) is 0 Å². The van der Waals surface area contributed by atoms with Gasteiger partial charge in [-0.15, -0.1) is 0 Å². The topological polar surface area (TPSA) is 68.0 Å². The first-order valence-corrected chi connectivity index (χ1v) is 5.66. The molecule has 0 aliphatic heterocycles. The van der Waals surface area contributed by atoms with Crippen molar-refractivity contribution in [1.82, 2.24) is 15.0 Å². The Morgan fingerprint density at radius 3 is 2.88 bits per heavy atom. The molecule has 1 aromatic heterocycles. The van der Waals surface area contributed by atoms with Crippen molar-refractivity contribution in [2.45, 2.75) is 19.4 Å². The number of benzene rings is 1. The predicted octanol–water partition coefficient (Wildman–Crippen LogP) is 2.06. The highest BCUT2D eigenvalue weighted by Gasteiger charge is 2.03. The first-order valence-electron chi connectivity index (χ1n) is 4.87. The number of hydrogen-bond acceptors (Lipinski definition) is 3. The van der Waals surface area contributed by atoms with E-state index in [0.29, 0.717) is 13.0 Å². The van der Waals surface area contributed by atoms with Gasteiger partial charge in [0.25, 0.3) is 0 Å². The molecule has 1 heterocycles. The molecule has 1 aromatic carbocycles. The molecule has 16 heavy (non-hydrogen) atoms. The summed E-state index contributed by atoms with van der Waals surface area (Å²) in [6.07, 6.45) is 0.680. The number of fused-ring (bicyclic) bond motifs is 1. The molecule has 0 saturated heterocycles. The van der Waals surface area contributed by atoms with E-state index in [2.05, 4.69) is 26.1 Å². The maximum atomic E-state index is 10.4. The second kappa shape index (κ2) is 4.61. The minimum absolute atomic E-state index is 0.140. The van der Waals surface area contributed by atoms with Crippen LogP contribution in [-0.2, 0) is 11.3 Å². The van der Waals surface area contributed by atoms with Crippen LogP contribution in [0.5, 0.6) is 0 Å². The quantitative estimate of drug-likeness (QED) is 0.933. The normalized spacial score (nSPS) is 10.8. The van der Waals surface area contributed by atoms with Gasteiger partial charge in [0, 0.05) is 10.9 Å². The van der Waals surface area contributed by atoms with Crippen LogP contribution in [-0.4, -0.2) is 26.1 Å². The third-order valence-electron chi connectivity index (χ3n) is 2.13. The number of halogens is 1. The van der Waals surface area contributed by atoms with Crippen molar-refractivity contribution in [2.24, 2.45) is 0 Å². The highest BCUT2D eigenvalue weighted by molar-refractivity contribution is 9.10. The Balaban J connectivity index is 2.10. The Hall–Kier alpha value is -1.43. The van der Waals surface area contributed by atoms with Gasteiger partial charge in [-0.05, 0) is 24.6 Å². The van der Waals surface area contributed by atoms with Crippen LogP contribution in [0.25, 0.3) is 11.0 Å². The second-order valence-corrected chi connectivity index (χ2v) is 4.34. The summed E-state index contributed by atoms with van der Waals surface area (Å²) in [5, 5.41) is 17.0. The monoisotopic (exact) mass is 283 g/mol. The van der Waals surface area contributed by atoms with Crippen LogP contribution in [0.15, 0.2) is 22.7 Å². The summed E-state index contributed by atoms with van der Waals surface area (Å²) < 4.78 is 0.956. The standard InChI is InChI=1S/C10H10BrN3O2/c11-7-3-4-8-9(6-7)13-14(12-8)5-1-2-10(15)16/h3-4,6H,1-2,5H2,(H,15,16). The molecule has 0 aliphatic carbocycles. The van der Waals surface area contributed by atoms with Crippen LogP contribution in [0, 0.1) is 0 Å². The molecule has 0 bridgehead atoms. The van der Waals surface area contributed by atoms with Gasteiger partial charge in [-0.3, -0.25) is 4.79 Å². The average Bonchev–Trinajstić information content (AvgIpc) is 2.58. The molecule has 2 rings (SSSR count). The molecule has 0 spiro atoms. The van der Waals surface area contributed by atoms with Crippen molar-refractivity contribution in [1.29, 1.82) is 0 Å². The minimum Gasteiger partial charge on any atom is -0.481 e. The van der Waals surface area contributed by atoms with Crippen molar-refractivity contribution in [3.8, 4) is 0 Å². The summed E-state index contributed by atoms with van der Waals surface area (Å²) in [7, 11) is 0. The van der Waals surface area contributed by atoms with E-state index in [0.717, 1.165) is 15.5 Å². The van der Waals surface area contributed by atoms with Gasteiger partial charge in [-0.2, -0.15) is 15.0 Å². The first-order chi connectivity index (χ1) is 7.65. The van der Waals surface area contributed by atoms with Crippen LogP contribution >= 0.6 is 15.9 Å². The predicted molar refractivity (Wildman–Crippen MR) is 62.1 cm³/mol. The fraction of sp³-hybridized carbons (Fsp3) is 0.300. The lowest BCUT2D eigenvalue weighted by Gasteiger charge is -1.95. The molecule has 0 saturated carbocycles. The van der Waals surface area contributed by atoms with Gasteiger partial charge in [-0.1, -0.05) is 15.9 Å². The van der Waals surface area contributed by atoms with E-state index < -0.39 is 5.97 Å². The van der Waals surface area contributed by atoms with E-state index in [1.807, 2.05) is 18.2 Å². The number of aromatic nitrogens is 3. The number of nitrogens with zero attached hydrogens (tertiary/aromatic N) is 3. The molecule has 5 nitrogen and oxygen atoms in total. The number of carboxylic acids is 1. The zero-order chi connectivity index (χ0) is 11.5. The van der Waals surface area contributed by atoms with Crippen LogP contribution in [0.3, 0.4) is 0 Å². The maximum absolute atomic E-state index is 10.4. The van der Waals surface area contributed by atoms with Gasteiger partial charge in [0.2, 0.25) is 0 Å². The number of hydrogen-bond donors (Lipinski definition) is 1. The Kier molecular flexibility index (Phi) is 3.19. The lowest BCUT2D eigenvalue weighted by molar-refractivity contribution is -0.137. The summed E-state index contributed by atoms with van der Waals surface area (Å²) in [5.41, 5.74) is 1.63. The number of carbonyl (C=O) groups is 1. The average molecular weight is 284 g/mol. The molecule has 84 valence electrons. The van der Waals surface area contributed by atoms with Crippen molar-refractivity contribution < 1.29 is 9.90 Å². The fourth-order valence-corrected chi connectivity index (χ4v) is 1.75. The zero-order valence-corrected chi connectivity index (χ0v) is 10.0. The van der Waals surface area contributed by atoms with Crippen LogP contribution in [0.2, 0.25) is 0 Å². The summed E-state index contributed by atoms with van der Waals surface area (Å²) >= 11 is 3.36. The summed E-state index contributed by atoms with van der Waals surface area (Å²) in [5.74, 6) is -0.792. The fourth-order valence-electron chi connectivity index (χ4n) is 1.40. The van der Waals surface area contributed by atoms with Crippen molar-refractivity contribution >= 4 is 32.9 Å². The summed E-state index contributed by atoms with van der Waals surface area (Å²) in [6.45, 7) is 0.526. The number of aliphatic carboxylic acids is 1. The van der Waals surface area contributed by atoms with E-state index in [1.165, 1.54) is 0 Å². The Labute approximate surface area is 100 Å². The zero-order valence-electron chi connectivity index (χ0n) is 8.43. The van der Waals surface area contributed by atoms with Crippen molar-refractivity contribution in [3.63, 3.8) is 0 Å². The molecule has 2 aromatic rings. The molecular formula is C10H10BrN3O2.